The molecule has 0 spiro atoms. The lowest BCUT2D eigenvalue weighted by molar-refractivity contribution is 0.174. The molecule has 1 heterocycles. The van der Waals surface area contributed by atoms with Crippen LogP contribution in [0.5, 0.6) is 11.5 Å². The van der Waals surface area contributed by atoms with Crippen molar-refractivity contribution in [2.45, 2.75) is 19.4 Å². The molecule has 2 aromatic rings. The number of hydrogen-bond acceptors (Lipinski definition) is 4. The van der Waals surface area contributed by atoms with Crippen molar-refractivity contribution in [1.29, 1.82) is 0 Å². The number of nitrogens with zero attached hydrogens (tertiary/aromatic N) is 1. The van der Waals surface area contributed by atoms with Gasteiger partial charge in [-0.25, -0.2) is 9.18 Å². The molecule has 1 aliphatic rings. The third-order valence-electron chi connectivity index (χ3n) is 5.25. The van der Waals surface area contributed by atoms with Gasteiger partial charge in [0.2, 0.25) is 0 Å². The van der Waals surface area contributed by atoms with Gasteiger partial charge < -0.3 is 20.1 Å². The van der Waals surface area contributed by atoms with Gasteiger partial charge in [0.1, 0.15) is 5.82 Å². The second kappa shape index (κ2) is 10.1. The van der Waals surface area contributed by atoms with E-state index in [-0.39, 0.29) is 11.8 Å². The van der Waals surface area contributed by atoms with Crippen molar-refractivity contribution in [2.75, 3.05) is 39.2 Å². The van der Waals surface area contributed by atoms with Gasteiger partial charge in [0.15, 0.2) is 11.5 Å². The van der Waals surface area contributed by atoms with Gasteiger partial charge in [-0.05, 0) is 50.0 Å². The van der Waals surface area contributed by atoms with Crippen LogP contribution in [0, 0.1) is 11.7 Å². The van der Waals surface area contributed by atoms with E-state index < -0.39 is 0 Å². The Morgan fingerprint density at radius 2 is 1.83 bits per heavy atom. The number of methoxy groups -OCH3 is 2. The summed E-state index contributed by atoms with van der Waals surface area (Å²) < 4.78 is 24.3. The fraction of sp³-hybridized carbons (Fsp3) is 0.409. The van der Waals surface area contributed by atoms with Crippen LogP contribution in [-0.4, -0.2) is 44.8 Å². The highest BCUT2D eigenvalue weighted by atomic mass is 19.1. The largest absolute Gasteiger partial charge is 0.493 e. The second-order valence-electron chi connectivity index (χ2n) is 7.22. The first-order chi connectivity index (χ1) is 14.1. The lowest BCUT2D eigenvalue weighted by Gasteiger charge is -2.32. The molecule has 1 aliphatic heterocycles. The van der Waals surface area contributed by atoms with Crippen LogP contribution in [0.4, 0.5) is 14.9 Å². The van der Waals surface area contributed by atoms with Gasteiger partial charge in [0.05, 0.1) is 14.2 Å². The van der Waals surface area contributed by atoms with Gasteiger partial charge in [-0.2, -0.15) is 0 Å². The summed E-state index contributed by atoms with van der Waals surface area (Å²) in [4.78, 5) is 14.5. The Kier molecular flexibility index (Phi) is 7.30. The molecular formula is C22H28FN3O3. The monoisotopic (exact) mass is 401 g/mol. The van der Waals surface area contributed by atoms with E-state index >= 15 is 0 Å². The molecule has 0 atom stereocenters. The van der Waals surface area contributed by atoms with Crippen molar-refractivity contribution in [2.24, 2.45) is 5.92 Å². The number of likely N-dealkylation sites (tertiary alicyclic amines) is 1. The molecule has 0 aliphatic carbocycles. The van der Waals surface area contributed by atoms with Crippen LogP contribution in [0.3, 0.4) is 0 Å². The molecular weight excluding hydrogens is 373 g/mol. The Bertz CT molecular complexity index is 823. The molecule has 2 aromatic carbocycles. The number of hydrogen-bond donors (Lipinski definition) is 2. The number of benzene rings is 2. The number of carbonyl (C=O) groups is 1. The third kappa shape index (κ3) is 5.84. The molecule has 1 saturated heterocycles. The van der Waals surface area contributed by atoms with Gasteiger partial charge in [-0.3, -0.25) is 4.90 Å². The fourth-order valence-corrected chi connectivity index (χ4v) is 3.54. The molecule has 1 fully saturated rings. The maximum Gasteiger partial charge on any atom is 0.319 e. The summed E-state index contributed by atoms with van der Waals surface area (Å²) in [7, 11) is 3.12. The van der Waals surface area contributed by atoms with Gasteiger partial charge in [-0.1, -0.05) is 18.2 Å². The molecule has 3 rings (SSSR count). The first-order valence-electron chi connectivity index (χ1n) is 9.81. The average molecular weight is 401 g/mol. The number of piperidine rings is 1. The Hall–Kier alpha value is -2.80. The van der Waals surface area contributed by atoms with Crippen molar-refractivity contribution in [3.8, 4) is 11.5 Å². The lowest BCUT2D eigenvalue weighted by Crippen LogP contribution is -2.39. The molecule has 2 N–H and O–H groups in total. The average Bonchev–Trinajstić information content (AvgIpc) is 2.74. The summed E-state index contributed by atoms with van der Waals surface area (Å²) in [6.07, 6.45) is 1.95. The number of urea groups is 1. The maximum absolute atomic E-state index is 13.8. The minimum atomic E-state index is -0.244. The summed E-state index contributed by atoms with van der Waals surface area (Å²) in [5.41, 5.74) is 1.37. The predicted molar refractivity (Wildman–Crippen MR) is 111 cm³/mol. The first kappa shape index (κ1) is 20.9. The standard InChI is InChI=1S/C22H28FN3O3/c1-28-20-8-7-18(13-21(20)29-2)25-22(27)24-14-16-9-11-26(12-10-16)15-17-5-3-4-6-19(17)23/h3-8,13,16H,9-12,14-15H2,1-2H3,(H2,24,25,27). The number of ether oxygens (including phenoxy) is 2. The summed E-state index contributed by atoms with van der Waals surface area (Å²) >= 11 is 0. The molecule has 0 unspecified atom stereocenters. The molecule has 2 amide bonds. The fourth-order valence-electron chi connectivity index (χ4n) is 3.54. The Labute approximate surface area is 171 Å². The van der Waals surface area contributed by atoms with E-state index in [2.05, 4.69) is 15.5 Å². The summed E-state index contributed by atoms with van der Waals surface area (Å²) in [5.74, 6) is 1.44. The SMILES string of the molecule is COc1ccc(NC(=O)NCC2CCN(Cc3ccccc3F)CC2)cc1OC. The summed E-state index contributed by atoms with van der Waals surface area (Å²) in [5, 5.41) is 5.76. The Morgan fingerprint density at radius 3 is 2.52 bits per heavy atom. The van der Waals surface area contributed by atoms with Crippen molar-refractivity contribution in [3.63, 3.8) is 0 Å². The number of carbonyl (C=O) groups excluding carboxylic acids is 1. The number of rotatable bonds is 7. The molecule has 156 valence electrons. The number of nitrogens with one attached hydrogen (secondary N) is 2. The predicted octanol–water partition coefficient (Wildman–Crippen LogP) is 3.88. The molecule has 0 saturated carbocycles. The van der Waals surface area contributed by atoms with E-state index in [4.69, 9.17) is 9.47 Å². The minimum Gasteiger partial charge on any atom is -0.493 e. The van der Waals surface area contributed by atoms with E-state index in [9.17, 15) is 9.18 Å². The first-order valence-corrected chi connectivity index (χ1v) is 9.81. The highest BCUT2D eigenvalue weighted by Crippen LogP contribution is 2.29. The van der Waals surface area contributed by atoms with Crippen LogP contribution in [-0.2, 0) is 6.54 Å². The molecule has 0 bridgehead atoms. The highest BCUT2D eigenvalue weighted by Gasteiger charge is 2.20. The quantitative estimate of drug-likeness (QED) is 0.739. The maximum atomic E-state index is 13.8. The van der Waals surface area contributed by atoms with E-state index in [1.165, 1.54) is 6.07 Å². The van der Waals surface area contributed by atoms with Crippen molar-refractivity contribution in [1.82, 2.24) is 10.2 Å². The van der Waals surface area contributed by atoms with Crippen LogP contribution in [0.2, 0.25) is 0 Å². The normalized spacial score (nSPS) is 15.0. The zero-order valence-electron chi connectivity index (χ0n) is 16.9. The van der Waals surface area contributed by atoms with E-state index in [0.29, 0.717) is 36.2 Å². The molecule has 0 aromatic heterocycles. The molecule has 29 heavy (non-hydrogen) atoms. The summed E-state index contributed by atoms with van der Waals surface area (Å²) in [6, 6.07) is 11.9. The van der Waals surface area contributed by atoms with Crippen LogP contribution in [0.15, 0.2) is 42.5 Å². The van der Waals surface area contributed by atoms with Crippen LogP contribution >= 0.6 is 0 Å². The van der Waals surface area contributed by atoms with Crippen molar-refractivity contribution < 1.29 is 18.7 Å². The number of halogens is 1. The molecule has 6 nitrogen and oxygen atoms in total. The molecule has 7 heteroatoms. The van der Waals surface area contributed by atoms with Crippen molar-refractivity contribution in [3.05, 3.63) is 53.8 Å². The van der Waals surface area contributed by atoms with Crippen LogP contribution < -0.4 is 20.1 Å². The second-order valence-corrected chi connectivity index (χ2v) is 7.22. The zero-order chi connectivity index (χ0) is 20.6. The number of amides is 2. The van der Waals surface area contributed by atoms with Gasteiger partial charge in [0, 0.05) is 30.4 Å². The van der Waals surface area contributed by atoms with Gasteiger partial charge >= 0.3 is 6.03 Å². The van der Waals surface area contributed by atoms with Crippen LogP contribution in [0.25, 0.3) is 0 Å². The molecule has 0 radical (unpaired) electrons. The van der Waals surface area contributed by atoms with Gasteiger partial charge in [0.25, 0.3) is 0 Å². The summed E-state index contributed by atoms with van der Waals surface area (Å²) in [6.45, 7) is 3.05. The smallest absolute Gasteiger partial charge is 0.319 e. The van der Waals surface area contributed by atoms with E-state index in [1.54, 1.807) is 38.5 Å². The lowest BCUT2D eigenvalue weighted by atomic mass is 9.96. The minimum absolute atomic E-state index is 0.150. The highest BCUT2D eigenvalue weighted by molar-refractivity contribution is 5.89. The number of anilines is 1. The van der Waals surface area contributed by atoms with E-state index in [1.807, 2.05) is 12.1 Å². The topological polar surface area (TPSA) is 62.8 Å². The van der Waals surface area contributed by atoms with Crippen LogP contribution in [0.1, 0.15) is 18.4 Å². The van der Waals surface area contributed by atoms with Gasteiger partial charge in [-0.15, -0.1) is 0 Å². The third-order valence-corrected chi connectivity index (χ3v) is 5.25. The Morgan fingerprint density at radius 1 is 1.10 bits per heavy atom. The van der Waals surface area contributed by atoms with Crippen molar-refractivity contribution >= 4 is 11.7 Å². The zero-order valence-corrected chi connectivity index (χ0v) is 16.9. The Balaban J connectivity index is 1.41. The van der Waals surface area contributed by atoms with E-state index in [0.717, 1.165) is 31.5 Å².